The van der Waals surface area contributed by atoms with E-state index in [4.69, 9.17) is 27.5 Å². The Kier molecular flexibility index (Phi) is 4.06. The van der Waals surface area contributed by atoms with Crippen molar-refractivity contribution in [2.45, 2.75) is 0 Å². The van der Waals surface area contributed by atoms with Crippen LogP contribution in [0.4, 0.5) is 5.69 Å². The summed E-state index contributed by atoms with van der Waals surface area (Å²) in [5.74, 6) is -2.54. The minimum Gasteiger partial charge on any atom is -0.478 e. The van der Waals surface area contributed by atoms with Gasteiger partial charge in [0.15, 0.2) is 0 Å². The quantitative estimate of drug-likeness (QED) is 0.427. The first-order valence-corrected chi connectivity index (χ1v) is 4.98. The standard InChI is InChI=1S/C10H9ClN2O4/c11-4-8(12)13-5-1-2-6(9(14)15)7(3-5)10(16)17/h1-3H,4H2,(H2,12,13)(H,14,15)(H,16,17). The molecule has 90 valence electrons. The van der Waals surface area contributed by atoms with Crippen LogP contribution in [-0.4, -0.2) is 33.9 Å². The number of carbonyl (C=O) groups is 2. The Labute approximate surface area is 101 Å². The molecule has 0 spiro atoms. The lowest BCUT2D eigenvalue weighted by Gasteiger charge is -2.03. The maximum absolute atomic E-state index is 10.9. The van der Waals surface area contributed by atoms with Gasteiger partial charge in [-0.15, -0.1) is 11.6 Å². The van der Waals surface area contributed by atoms with Gasteiger partial charge in [-0.05, 0) is 18.2 Å². The molecule has 0 bridgehead atoms. The average molecular weight is 257 g/mol. The van der Waals surface area contributed by atoms with Gasteiger partial charge < -0.3 is 15.9 Å². The third kappa shape index (κ3) is 3.18. The molecule has 7 heteroatoms. The number of benzene rings is 1. The molecule has 4 N–H and O–H groups in total. The van der Waals surface area contributed by atoms with Crippen LogP contribution in [0.25, 0.3) is 0 Å². The molecule has 0 radical (unpaired) electrons. The number of carboxylic acids is 2. The predicted octanol–water partition coefficient (Wildman–Crippen LogP) is 1.31. The van der Waals surface area contributed by atoms with Gasteiger partial charge in [-0.25, -0.2) is 14.6 Å². The lowest BCUT2D eigenvalue weighted by atomic mass is 10.1. The molecule has 0 atom stereocenters. The van der Waals surface area contributed by atoms with Crippen LogP contribution in [0, 0.1) is 0 Å². The summed E-state index contributed by atoms with van der Waals surface area (Å²) in [6.45, 7) is 0. The molecule has 17 heavy (non-hydrogen) atoms. The first kappa shape index (κ1) is 13.0. The number of hydrogen-bond acceptors (Lipinski definition) is 3. The maximum atomic E-state index is 10.9. The van der Waals surface area contributed by atoms with E-state index in [1.54, 1.807) is 0 Å². The maximum Gasteiger partial charge on any atom is 0.336 e. The second-order valence-corrected chi connectivity index (χ2v) is 3.34. The number of hydrogen-bond donors (Lipinski definition) is 3. The molecule has 1 aromatic carbocycles. The first-order valence-electron chi connectivity index (χ1n) is 4.45. The topological polar surface area (TPSA) is 113 Å². The van der Waals surface area contributed by atoms with Gasteiger partial charge in [0, 0.05) is 0 Å². The van der Waals surface area contributed by atoms with Crippen LogP contribution in [0.3, 0.4) is 0 Å². The lowest BCUT2D eigenvalue weighted by Crippen LogP contribution is -2.12. The largest absolute Gasteiger partial charge is 0.478 e. The van der Waals surface area contributed by atoms with Gasteiger partial charge in [0.05, 0.1) is 22.7 Å². The zero-order chi connectivity index (χ0) is 13.0. The smallest absolute Gasteiger partial charge is 0.336 e. The highest BCUT2D eigenvalue weighted by molar-refractivity contribution is 6.28. The summed E-state index contributed by atoms with van der Waals surface area (Å²) >= 11 is 5.42. The molecule has 1 aromatic rings. The summed E-state index contributed by atoms with van der Waals surface area (Å²) in [5, 5.41) is 17.6. The number of amidine groups is 1. The molecule has 0 aliphatic carbocycles. The molecule has 0 amide bonds. The summed E-state index contributed by atoms with van der Waals surface area (Å²) in [6.07, 6.45) is 0. The molecule has 0 saturated carbocycles. The van der Waals surface area contributed by atoms with E-state index in [-0.39, 0.29) is 28.5 Å². The van der Waals surface area contributed by atoms with Gasteiger partial charge in [-0.1, -0.05) is 0 Å². The van der Waals surface area contributed by atoms with Crippen molar-refractivity contribution in [3.63, 3.8) is 0 Å². The van der Waals surface area contributed by atoms with Crippen LogP contribution in [-0.2, 0) is 0 Å². The van der Waals surface area contributed by atoms with Crippen LogP contribution >= 0.6 is 11.6 Å². The van der Waals surface area contributed by atoms with Crippen molar-refractivity contribution in [2.24, 2.45) is 10.7 Å². The van der Waals surface area contributed by atoms with Crippen molar-refractivity contribution in [2.75, 3.05) is 5.88 Å². The third-order valence-electron chi connectivity index (χ3n) is 1.87. The van der Waals surface area contributed by atoms with E-state index in [1.807, 2.05) is 0 Å². The number of rotatable bonds is 4. The van der Waals surface area contributed by atoms with Gasteiger partial charge in [0.1, 0.15) is 5.84 Å². The molecule has 6 nitrogen and oxygen atoms in total. The summed E-state index contributed by atoms with van der Waals surface area (Å²) in [4.78, 5) is 25.5. The first-order chi connectivity index (χ1) is 7.95. The molecular weight excluding hydrogens is 248 g/mol. The normalized spacial score (nSPS) is 11.2. The van der Waals surface area contributed by atoms with E-state index in [1.165, 1.54) is 6.07 Å². The Bertz CT molecular complexity index is 499. The second kappa shape index (κ2) is 5.31. The number of aromatic carboxylic acids is 2. The van der Waals surface area contributed by atoms with Crippen LogP contribution in [0.2, 0.25) is 0 Å². The SMILES string of the molecule is NC(CCl)=Nc1ccc(C(=O)O)c(C(=O)O)c1. The predicted molar refractivity (Wildman–Crippen MR) is 62.4 cm³/mol. The van der Waals surface area contributed by atoms with E-state index in [0.29, 0.717) is 0 Å². The van der Waals surface area contributed by atoms with Gasteiger partial charge >= 0.3 is 11.9 Å². The van der Waals surface area contributed by atoms with Crippen molar-refractivity contribution in [3.8, 4) is 0 Å². The van der Waals surface area contributed by atoms with Gasteiger partial charge in [0.2, 0.25) is 0 Å². The van der Waals surface area contributed by atoms with Gasteiger partial charge in [-0.3, -0.25) is 0 Å². The Hall–Kier alpha value is -2.08. The molecular formula is C10H9ClN2O4. The summed E-state index contributed by atoms with van der Waals surface area (Å²) < 4.78 is 0. The Morgan fingerprint density at radius 3 is 2.29 bits per heavy atom. The van der Waals surface area contributed by atoms with E-state index in [9.17, 15) is 9.59 Å². The summed E-state index contributed by atoms with van der Waals surface area (Å²) in [6, 6.07) is 3.65. The number of aliphatic imine (C=N–C) groups is 1. The minimum absolute atomic E-state index is 0.00306. The Morgan fingerprint density at radius 1 is 1.24 bits per heavy atom. The molecule has 0 heterocycles. The molecule has 0 aromatic heterocycles. The van der Waals surface area contributed by atoms with Crippen molar-refractivity contribution in [1.29, 1.82) is 0 Å². The molecule has 0 unspecified atom stereocenters. The number of nitrogens with zero attached hydrogens (tertiary/aromatic N) is 1. The fraction of sp³-hybridized carbons (Fsp3) is 0.100. The number of alkyl halides is 1. The van der Waals surface area contributed by atoms with E-state index in [0.717, 1.165) is 12.1 Å². The van der Waals surface area contributed by atoms with Crippen molar-refractivity contribution >= 4 is 35.1 Å². The highest BCUT2D eigenvalue weighted by Crippen LogP contribution is 2.19. The van der Waals surface area contributed by atoms with Crippen LogP contribution in [0.1, 0.15) is 20.7 Å². The minimum atomic E-state index is -1.34. The summed E-state index contributed by atoms with van der Waals surface area (Å²) in [5.41, 5.74) is 4.97. The third-order valence-corrected chi connectivity index (χ3v) is 2.15. The van der Waals surface area contributed by atoms with Crippen LogP contribution < -0.4 is 5.73 Å². The lowest BCUT2D eigenvalue weighted by molar-refractivity contribution is 0.0651. The zero-order valence-electron chi connectivity index (χ0n) is 8.55. The molecule has 0 aliphatic rings. The highest BCUT2D eigenvalue weighted by atomic mass is 35.5. The van der Waals surface area contributed by atoms with Gasteiger partial charge in [-0.2, -0.15) is 0 Å². The van der Waals surface area contributed by atoms with Crippen LogP contribution in [0.5, 0.6) is 0 Å². The molecule has 0 aliphatic heterocycles. The number of carboxylic acid groups (broad SMARTS) is 2. The Balaban J connectivity index is 3.28. The van der Waals surface area contributed by atoms with E-state index in [2.05, 4.69) is 4.99 Å². The Morgan fingerprint density at radius 2 is 1.82 bits per heavy atom. The molecule has 0 fully saturated rings. The van der Waals surface area contributed by atoms with Gasteiger partial charge in [0.25, 0.3) is 0 Å². The average Bonchev–Trinajstić information content (AvgIpc) is 2.28. The van der Waals surface area contributed by atoms with E-state index >= 15 is 0 Å². The number of halogens is 1. The second-order valence-electron chi connectivity index (χ2n) is 3.08. The molecule has 1 rings (SSSR count). The fourth-order valence-corrected chi connectivity index (χ4v) is 1.22. The van der Waals surface area contributed by atoms with Crippen molar-refractivity contribution in [3.05, 3.63) is 29.3 Å². The fourth-order valence-electron chi connectivity index (χ4n) is 1.16. The molecule has 0 saturated heterocycles. The number of nitrogens with two attached hydrogens (primary N) is 1. The summed E-state index contributed by atoms with van der Waals surface area (Å²) in [7, 11) is 0. The highest BCUT2D eigenvalue weighted by Gasteiger charge is 2.16. The zero-order valence-corrected chi connectivity index (χ0v) is 9.31. The monoisotopic (exact) mass is 256 g/mol. The van der Waals surface area contributed by atoms with Crippen LogP contribution in [0.15, 0.2) is 23.2 Å². The van der Waals surface area contributed by atoms with E-state index < -0.39 is 11.9 Å². The van der Waals surface area contributed by atoms with Crippen molar-refractivity contribution in [1.82, 2.24) is 0 Å². The van der Waals surface area contributed by atoms with Crippen molar-refractivity contribution < 1.29 is 19.8 Å².